The number of halogens is 1. The average Bonchev–Trinajstić information content (AvgIpc) is 2.14. The Hall–Kier alpha value is -0.805. The highest BCUT2D eigenvalue weighted by molar-refractivity contribution is 6.58. The number of nitrogens with one attached hydrogen (secondary N) is 1. The van der Waals surface area contributed by atoms with Gasteiger partial charge in [0, 0.05) is 11.7 Å². The maximum absolute atomic E-state index is 12.0. The normalized spacial score (nSPS) is 9.67. The van der Waals surface area contributed by atoms with Crippen LogP contribution in [0.25, 0.3) is 0 Å². The smallest absolute Gasteiger partial charge is 0.423 e. The van der Waals surface area contributed by atoms with Crippen LogP contribution in [0, 0.1) is 5.95 Å². The molecule has 1 rings (SSSR count). The Balaban J connectivity index is 2.85. The van der Waals surface area contributed by atoms with Gasteiger partial charge in [-0.15, -0.1) is 0 Å². The second-order valence-corrected chi connectivity index (χ2v) is 1.65. The molecule has 1 aromatic rings. The Morgan fingerprint density at radius 1 is 1.56 bits per heavy atom. The monoisotopic (exact) mass is 129 g/mol. The molecule has 0 unspecified atom stereocenters. The summed E-state index contributed by atoms with van der Waals surface area (Å²) in [7, 11) is -1.59. The van der Waals surface area contributed by atoms with Gasteiger partial charge in [0.05, 0.1) is 0 Å². The van der Waals surface area contributed by atoms with Crippen LogP contribution in [0.3, 0.4) is 0 Å². The quantitative estimate of drug-likeness (QED) is 0.418. The number of rotatable bonds is 1. The summed E-state index contributed by atoms with van der Waals surface area (Å²) < 4.78 is 12.0. The average molecular weight is 129 g/mol. The van der Waals surface area contributed by atoms with Gasteiger partial charge in [-0.2, -0.15) is 4.39 Å². The van der Waals surface area contributed by atoms with E-state index in [0.29, 0.717) is 0 Å². The second kappa shape index (κ2) is 2.20. The zero-order valence-corrected chi connectivity index (χ0v) is 4.50. The fraction of sp³-hybridized carbons (Fsp3) is 0. The number of hydrogen-bond donors (Lipinski definition) is 3. The lowest BCUT2D eigenvalue weighted by molar-refractivity contribution is 0.425. The summed E-state index contributed by atoms with van der Waals surface area (Å²) in [6, 6.07) is 1.02. The van der Waals surface area contributed by atoms with Gasteiger partial charge >= 0.3 is 7.12 Å². The zero-order valence-electron chi connectivity index (χ0n) is 4.50. The fourth-order valence-electron chi connectivity index (χ4n) is 0.531. The van der Waals surface area contributed by atoms with E-state index in [9.17, 15) is 4.39 Å². The third-order valence-electron chi connectivity index (χ3n) is 0.968. The highest BCUT2D eigenvalue weighted by Crippen LogP contribution is 1.87. The molecule has 0 radical (unpaired) electrons. The van der Waals surface area contributed by atoms with Crippen LogP contribution in [-0.4, -0.2) is 22.2 Å². The highest BCUT2D eigenvalue weighted by Gasteiger charge is 2.11. The summed E-state index contributed by atoms with van der Waals surface area (Å²) in [4.78, 5) is 2.16. The molecule has 1 aromatic heterocycles. The molecule has 1 heterocycles. The van der Waals surface area contributed by atoms with Crippen LogP contribution in [0.2, 0.25) is 0 Å². The Bertz CT molecular complexity index is 200. The fourth-order valence-corrected chi connectivity index (χ4v) is 0.531. The first kappa shape index (κ1) is 6.32. The molecule has 0 fully saturated rings. The largest absolute Gasteiger partial charge is 0.490 e. The van der Waals surface area contributed by atoms with Crippen molar-refractivity contribution >= 4 is 12.6 Å². The first-order valence-corrected chi connectivity index (χ1v) is 2.40. The van der Waals surface area contributed by atoms with Gasteiger partial charge in [0.15, 0.2) is 5.95 Å². The molecule has 0 bridgehead atoms. The second-order valence-electron chi connectivity index (χ2n) is 1.65. The van der Waals surface area contributed by atoms with E-state index in [-0.39, 0.29) is 5.46 Å². The molecule has 3 nitrogen and oxygen atoms in total. The van der Waals surface area contributed by atoms with Crippen LogP contribution in [0.4, 0.5) is 4.39 Å². The van der Waals surface area contributed by atoms with Gasteiger partial charge in [0.1, 0.15) is 0 Å². The van der Waals surface area contributed by atoms with Gasteiger partial charge in [-0.1, -0.05) is 0 Å². The van der Waals surface area contributed by atoms with Crippen LogP contribution >= 0.6 is 0 Å². The molecule has 0 aromatic carbocycles. The van der Waals surface area contributed by atoms with Crippen LogP contribution in [0.5, 0.6) is 0 Å². The van der Waals surface area contributed by atoms with Gasteiger partial charge in [0.2, 0.25) is 0 Å². The van der Waals surface area contributed by atoms with Gasteiger partial charge in [-0.3, -0.25) is 0 Å². The van der Waals surface area contributed by atoms with E-state index < -0.39 is 13.1 Å². The van der Waals surface area contributed by atoms with Gasteiger partial charge in [-0.05, 0) is 6.07 Å². The first-order chi connectivity index (χ1) is 4.20. The SMILES string of the molecule is OB(O)c1c[nH]c(F)c1. The van der Waals surface area contributed by atoms with Crippen molar-refractivity contribution in [3.63, 3.8) is 0 Å². The van der Waals surface area contributed by atoms with Gasteiger partial charge in [-0.25, -0.2) is 0 Å². The van der Waals surface area contributed by atoms with Crippen LogP contribution in [0.1, 0.15) is 0 Å². The van der Waals surface area contributed by atoms with Crippen molar-refractivity contribution < 1.29 is 14.4 Å². The molecular weight excluding hydrogens is 124 g/mol. The molecule has 0 saturated heterocycles. The minimum Gasteiger partial charge on any atom is -0.423 e. The summed E-state index contributed by atoms with van der Waals surface area (Å²) in [5.41, 5.74) is 0.132. The zero-order chi connectivity index (χ0) is 6.85. The van der Waals surface area contributed by atoms with Crippen molar-refractivity contribution in [2.45, 2.75) is 0 Å². The highest BCUT2D eigenvalue weighted by atomic mass is 19.1. The molecule has 0 amide bonds. The van der Waals surface area contributed by atoms with Crippen molar-refractivity contribution in [3.8, 4) is 0 Å². The van der Waals surface area contributed by atoms with E-state index >= 15 is 0 Å². The predicted molar refractivity (Wildman–Crippen MR) is 30.6 cm³/mol. The van der Waals surface area contributed by atoms with Crippen molar-refractivity contribution in [1.82, 2.24) is 4.98 Å². The molecule has 0 aliphatic carbocycles. The minimum atomic E-state index is -1.59. The Kier molecular flexibility index (Phi) is 1.55. The molecule has 0 saturated carbocycles. The van der Waals surface area contributed by atoms with E-state index in [1.165, 1.54) is 6.20 Å². The van der Waals surface area contributed by atoms with E-state index in [1.807, 2.05) is 0 Å². The van der Waals surface area contributed by atoms with E-state index in [1.54, 1.807) is 0 Å². The lowest BCUT2D eigenvalue weighted by Crippen LogP contribution is -2.28. The lowest BCUT2D eigenvalue weighted by Gasteiger charge is -1.87. The molecule has 0 aliphatic heterocycles. The molecule has 3 N–H and O–H groups in total. The summed E-state index contributed by atoms with van der Waals surface area (Å²) >= 11 is 0. The van der Waals surface area contributed by atoms with E-state index in [0.717, 1.165) is 6.07 Å². The first-order valence-electron chi connectivity index (χ1n) is 2.40. The van der Waals surface area contributed by atoms with Crippen LogP contribution in [0.15, 0.2) is 12.3 Å². The van der Waals surface area contributed by atoms with Crippen LogP contribution in [-0.2, 0) is 0 Å². The number of hydrogen-bond acceptors (Lipinski definition) is 2. The molecule has 0 spiro atoms. The summed E-state index contributed by atoms with van der Waals surface area (Å²) in [6.45, 7) is 0. The number of aromatic amines is 1. The summed E-state index contributed by atoms with van der Waals surface area (Å²) in [6.07, 6.45) is 1.19. The summed E-state index contributed by atoms with van der Waals surface area (Å²) in [5, 5.41) is 16.8. The van der Waals surface area contributed by atoms with Crippen molar-refractivity contribution in [2.75, 3.05) is 0 Å². The van der Waals surface area contributed by atoms with Crippen molar-refractivity contribution in [2.24, 2.45) is 0 Å². The minimum absolute atomic E-state index is 0.132. The van der Waals surface area contributed by atoms with Crippen molar-refractivity contribution in [3.05, 3.63) is 18.2 Å². The molecule has 0 aliphatic rings. The van der Waals surface area contributed by atoms with Crippen LogP contribution < -0.4 is 5.46 Å². The maximum atomic E-state index is 12.0. The third-order valence-corrected chi connectivity index (χ3v) is 0.968. The molecular formula is C4H5BFNO2. The third kappa shape index (κ3) is 1.31. The van der Waals surface area contributed by atoms with E-state index in [2.05, 4.69) is 4.98 Å². The predicted octanol–water partition coefficient (Wildman–Crippen LogP) is -1.17. The van der Waals surface area contributed by atoms with E-state index in [4.69, 9.17) is 10.0 Å². The molecule has 0 atom stereocenters. The number of aromatic nitrogens is 1. The standard InChI is InChI=1S/C4H5BFNO2/c6-4-1-3(2-7-4)5(8)9/h1-2,7-9H. The Morgan fingerprint density at radius 2 is 2.22 bits per heavy atom. The lowest BCUT2D eigenvalue weighted by atomic mass is 9.83. The van der Waals surface area contributed by atoms with Crippen molar-refractivity contribution in [1.29, 1.82) is 0 Å². The van der Waals surface area contributed by atoms with Gasteiger partial charge in [0.25, 0.3) is 0 Å². The molecule has 5 heteroatoms. The Labute approximate surface area is 51.3 Å². The topological polar surface area (TPSA) is 56.2 Å². The maximum Gasteiger partial charge on any atom is 0.490 e. The molecule has 48 valence electrons. The molecule has 9 heavy (non-hydrogen) atoms. The van der Waals surface area contributed by atoms with Gasteiger partial charge < -0.3 is 15.0 Å². The summed E-state index contributed by atoms with van der Waals surface area (Å²) in [5.74, 6) is -0.571. The Morgan fingerprint density at radius 3 is 2.44 bits per heavy atom. The number of H-pyrrole nitrogens is 1.